The second kappa shape index (κ2) is 5.48. The highest BCUT2D eigenvalue weighted by Crippen LogP contribution is 2.34. The molecule has 0 unspecified atom stereocenters. The summed E-state index contributed by atoms with van der Waals surface area (Å²) >= 11 is 8.71. The van der Waals surface area contributed by atoms with Gasteiger partial charge in [0.2, 0.25) is 0 Å². The molecule has 0 aromatic carbocycles. The molecular formula is C11H15Br2NOS. The maximum atomic E-state index is 9.48. The molecule has 16 heavy (non-hydrogen) atoms. The van der Waals surface area contributed by atoms with Gasteiger partial charge in [0, 0.05) is 21.4 Å². The number of hydrogen-bond acceptors (Lipinski definition) is 3. The van der Waals surface area contributed by atoms with Gasteiger partial charge in [-0.15, -0.1) is 11.3 Å². The molecule has 1 saturated carbocycles. The van der Waals surface area contributed by atoms with E-state index in [1.54, 1.807) is 11.3 Å². The predicted molar refractivity (Wildman–Crippen MR) is 74.8 cm³/mol. The van der Waals surface area contributed by atoms with E-state index in [2.05, 4.69) is 43.2 Å². The Morgan fingerprint density at radius 1 is 1.38 bits per heavy atom. The summed E-state index contributed by atoms with van der Waals surface area (Å²) < 4.78 is 2.24. The minimum absolute atomic E-state index is 0.0249. The third-order valence-corrected chi connectivity index (χ3v) is 6.45. The van der Waals surface area contributed by atoms with Gasteiger partial charge in [0.1, 0.15) is 0 Å². The van der Waals surface area contributed by atoms with E-state index in [9.17, 15) is 5.11 Å². The maximum Gasteiger partial charge on any atom is 0.0843 e. The zero-order valence-electron chi connectivity index (χ0n) is 8.93. The summed E-state index contributed by atoms with van der Waals surface area (Å²) in [6, 6.07) is 2.13. The van der Waals surface area contributed by atoms with Gasteiger partial charge < -0.3 is 10.4 Å². The van der Waals surface area contributed by atoms with Crippen molar-refractivity contribution in [3.63, 3.8) is 0 Å². The Morgan fingerprint density at radius 3 is 2.56 bits per heavy atom. The molecule has 0 amide bonds. The third kappa shape index (κ3) is 2.88. The van der Waals surface area contributed by atoms with Crippen LogP contribution in [0.3, 0.4) is 0 Å². The lowest BCUT2D eigenvalue weighted by atomic mass is 9.99. The van der Waals surface area contributed by atoms with Crippen LogP contribution >= 0.6 is 43.2 Å². The van der Waals surface area contributed by atoms with Crippen molar-refractivity contribution in [3.8, 4) is 0 Å². The summed E-state index contributed by atoms with van der Waals surface area (Å²) in [6.07, 6.45) is 4.64. The van der Waals surface area contributed by atoms with Crippen molar-refractivity contribution in [2.75, 3.05) is 6.61 Å². The van der Waals surface area contributed by atoms with Crippen LogP contribution in [0, 0.1) is 0 Å². The van der Waals surface area contributed by atoms with Crippen LogP contribution in [0.1, 0.15) is 30.6 Å². The Morgan fingerprint density at radius 2 is 2.06 bits per heavy atom. The fourth-order valence-electron chi connectivity index (χ4n) is 2.20. The van der Waals surface area contributed by atoms with Gasteiger partial charge in [-0.05, 0) is 50.8 Å². The van der Waals surface area contributed by atoms with E-state index in [-0.39, 0.29) is 12.1 Å². The first-order valence-corrected chi connectivity index (χ1v) is 7.85. The quantitative estimate of drug-likeness (QED) is 0.849. The highest BCUT2D eigenvalue weighted by molar-refractivity contribution is 9.13. The third-order valence-electron chi connectivity index (χ3n) is 3.20. The Balaban J connectivity index is 1.95. The highest BCUT2D eigenvalue weighted by Gasteiger charge is 2.32. The van der Waals surface area contributed by atoms with Crippen molar-refractivity contribution in [2.45, 2.75) is 37.8 Å². The van der Waals surface area contributed by atoms with Gasteiger partial charge in [-0.3, -0.25) is 0 Å². The minimum atomic E-state index is -0.0249. The van der Waals surface area contributed by atoms with Gasteiger partial charge >= 0.3 is 0 Å². The van der Waals surface area contributed by atoms with Gasteiger partial charge in [0.25, 0.3) is 0 Å². The average Bonchev–Trinajstić information content (AvgIpc) is 2.85. The Bertz CT molecular complexity index is 341. The number of rotatable bonds is 4. The van der Waals surface area contributed by atoms with Crippen LogP contribution in [-0.2, 0) is 6.54 Å². The molecule has 2 nitrogen and oxygen atoms in total. The van der Waals surface area contributed by atoms with Crippen LogP contribution in [0.4, 0.5) is 0 Å². The SMILES string of the molecule is OCC1(NCc2cc(Br)c(Br)s2)CCCC1. The number of halogens is 2. The van der Waals surface area contributed by atoms with E-state index < -0.39 is 0 Å². The van der Waals surface area contributed by atoms with Crippen molar-refractivity contribution in [1.82, 2.24) is 5.32 Å². The molecule has 90 valence electrons. The van der Waals surface area contributed by atoms with E-state index in [1.807, 2.05) is 0 Å². The summed E-state index contributed by atoms with van der Waals surface area (Å²) in [7, 11) is 0. The van der Waals surface area contributed by atoms with Crippen molar-refractivity contribution >= 4 is 43.2 Å². The molecular weight excluding hydrogens is 354 g/mol. The van der Waals surface area contributed by atoms with Crippen LogP contribution in [0.2, 0.25) is 0 Å². The zero-order valence-corrected chi connectivity index (χ0v) is 12.9. The molecule has 5 heteroatoms. The zero-order chi connectivity index (χ0) is 11.6. The summed E-state index contributed by atoms with van der Waals surface area (Å²) in [5, 5.41) is 13.0. The molecule has 0 radical (unpaired) electrons. The van der Waals surface area contributed by atoms with Crippen molar-refractivity contribution in [2.24, 2.45) is 0 Å². The monoisotopic (exact) mass is 367 g/mol. The molecule has 0 saturated heterocycles. The van der Waals surface area contributed by atoms with Gasteiger partial charge in [0.15, 0.2) is 0 Å². The summed E-state index contributed by atoms with van der Waals surface area (Å²) in [6.45, 7) is 1.09. The number of nitrogens with one attached hydrogen (secondary N) is 1. The van der Waals surface area contributed by atoms with E-state index in [0.717, 1.165) is 27.6 Å². The number of thiophene rings is 1. The summed E-state index contributed by atoms with van der Waals surface area (Å²) in [5.74, 6) is 0. The highest BCUT2D eigenvalue weighted by atomic mass is 79.9. The average molecular weight is 369 g/mol. The first-order chi connectivity index (χ1) is 7.65. The fraction of sp³-hybridized carbons (Fsp3) is 0.636. The number of hydrogen-bond donors (Lipinski definition) is 2. The molecule has 1 aromatic rings. The first kappa shape index (κ1) is 13.0. The van der Waals surface area contributed by atoms with Crippen molar-refractivity contribution in [3.05, 3.63) is 19.2 Å². The van der Waals surface area contributed by atoms with E-state index in [1.165, 1.54) is 17.7 Å². The molecule has 1 aliphatic rings. The normalized spacial score (nSPS) is 19.2. The second-order valence-corrected chi connectivity index (χ2v) is 7.64. The molecule has 1 aliphatic carbocycles. The summed E-state index contributed by atoms with van der Waals surface area (Å²) in [4.78, 5) is 1.29. The van der Waals surface area contributed by atoms with Gasteiger partial charge in [-0.1, -0.05) is 12.8 Å². The minimum Gasteiger partial charge on any atom is -0.394 e. The topological polar surface area (TPSA) is 32.3 Å². The number of aliphatic hydroxyl groups excluding tert-OH is 1. The predicted octanol–water partition coefficient (Wildman–Crippen LogP) is 3.67. The van der Waals surface area contributed by atoms with E-state index in [4.69, 9.17) is 0 Å². The molecule has 1 fully saturated rings. The van der Waals surface area contributed by atoms with Crippen LogP contribution in [0.25, 0.3) is 0 Å². The van der Waals surface area contributed by atoms with E-state index >= 15 is 0 Å². The summed E-state index contributed by atoms with van der Waals surface area (Å²) in [5.41, 5.74) is -0.0249. The van der Waals surface area contributed by atoms with Crippen LogP contribution in [-0.4, -0.2) is 17.3 Å². The van der Waals surface area contributed by atoms with Crippen LogP contribution < -0.4 is 5.32 Å². The molecule has 1 aromatic heterocycles. The Kier molecular flexibility index (Phi) is 4.46. The molecule has 0 spiro atoms. The molecule has 0 bridgehead atoms. The first-order valence-electron chi connectivity index (χ1n) is 5.45. The maximum absolute atomic E-state index is 9.48. The van der Waals surface area contributed by atoms with E-state index in [0.29, 0.717) is 0 Å². The lowest BCUT2D eigenvalue weighted by molar-refractivity contribution is 0.163. The van der Waals surface area contributed by atoms with Crippen LogP contribution in [0.15, 0.2) is 14.3 Å². The molecule has 2 rings (SSSR count). The fourth-order valence-corrected chi connectivity index (χ4v) is 4.31. The molecule has 0 atom stereocenters. The molecule has 0 aliphatic heterocycles. The van der Waals surface area contributed by atoms with Crippen molar-refractivity contribution < 1.29 is 5.11 Å². The lowest BCUT2D eigenvalue weighted by Crippen LogP contribution is -2.45. The van der Waals surface area contributed by atoms with Gasteiger partial charge in [0.05, 0.1) is 10.4 Å². The molecule has 2 N–H and O–H groups in total. The standard InChI is InChI=1S/C11H15Br2NOS/c12-9-5-8(16-10(9)13)6-14-11(7-15)3-1-2-4-11/h5,14-15H,1-4,6-7H2. The molecule has 1 heterocycles. The van der Waals surface area contributed by atoms with Gasteiger partial charge in [-0.2, -0.15) is 0 Å². The van der Waals surface area contributed by atoms with Crippen LogP contribution in [0.5, 0.6) is 0 Å². The smallest absolute Gasteiger partial charge is 0.0843 e. The Hall–Kier alpha value is 0.580. The number of aliphatic hydroxyl groups is 1. The Labute approximate surface area is 117 Å². The second-order valence-electron chi connectivity index (χ2n) is 4.33. The van der Waals surface area contributed by atoms with Gasteiger partial charge in [-0.25, -0.2) is 0 Å². The largest absolute Gasteiger partial charge is 0.394 e. The van der Waals surface area contributed by atoms with Crippen molar-refractivity contribution in [1.29, 1.82) is 0 Å². The lowest BCUT2D eigenvalue weighted by Gasteiger charge is -2.27.